The molecule has 0 amide bonds. The average Bonchev–Trinajstić information content (AvgIpc) is 2.26. The predicted octanol–water partition coefficient (Wildman–Crippen LogP) is 3.19. The first-order chi connectivity index (χ1) is 6.80. The minimum atomic E-state index is 0.154. The zero-order valence-electron chi connectivity index (χ0n) is 8.66. The van der Waals surface area contributed by atoms with Crippen molar-refractivity contribution in [2.75, 3.05) is 12.9 Å². The summed E-state index contributed by atoms with van der Waals surface area (Å²) >= 11 is 1.74. The fourth-order valence-corrected chi connectivity index (χ4v) is 1.60. The van der Waals surface area contributed by atoms with Crippen molar-refractivity contribution in [1.82, 2.24) is 0 Å². The molecule has 1 rings (SSSR count). The molecule has 0 radical (unpaired) electrons. The first kappa shape index (κ1) is 11.3. The van der Waals surface area contributed by atoms with Gasteiger partial charge >= 0.3 is 0 Å². The first-order valence-corrected chi connectivity index (χ1v) is 5.97. The van der Waals surface area contributed by atoms with Crippen LogP contribution < -0.4 is 0 Å². The van der Waals surface area contributed by atoms with Crippen LogP contribution in [0.3, 0.4) is 0 Å². The number of benzene rings is 1. The minimum Gasteiger partial charge on any atom is -0.392 e. The lowest BCUT2D eigenvalue weighted by molar-refractivity contribution is 0.329. The molecule has 76 valence electrons. The van der Waals surface area contributed by atoms with Gasteiger partial charge in [0.2, 0.25) is 0 Å². The summed E-state index contributed by atoms with van der Waals surface area (Å²) in [4.78, 5) is 1.27. The zero-order valence-corrected chi connectivity index (χ0v) is 9.47. The molecular formula is C12H16OS. The monoisotopic (exact) mass is 208 g/mol. The van der Waals surface area contributed by atoms with Gasteiger partial charge < -0.3 is 5.11 Å². The molecule has 0 spiro atoms. The fraction of sp³-hybridized carbons (Fsp3) is 0.333. The van der Waals surface area contributed by atoms with Crippen molar-refractivity contribution in [2.45, 2.75) is 18.2 Å². The number of rotatable bonds is 4. The summed E-state index contributed by atoms with van der Waals surface area (Å²) in [6, 6.07) is 8.36. The second kappa shape index (κ2) is 5.89. The van der Waals surface area contributed by atoms with E-state index in [0.29, 0.717) is 0 Å². The molecule has 0 unspecified atom stereocenters. The van der Waals surface area contributed by atoms with Crippen LogP contribution in [0.25, 0.3) is 6.08 Å². The Morgan fingerprint density at radius 1 is 1.36 bits per heavy atom. The zero-order chi connectivity index (χ0) is 10.4. The average molecular weight is 208 g/mol. The minimum absolute atomic E-state index is 0.154. The molecule has 14 heavy (non-hydrogen) atoms. The fourth-order valence-electron chi connectivity index (χ4n) is 1.20. The molecule has 0 aliphatic carbocycles. The van der Waals surface area contributed by atoms with Crippen LogP contribution in [0, 0.1) is 0 Å². The van der Waals surface area contributed by atoms with E-state index in [1.807, 2.05) is 6.08 Å². The van der Waals surface area contributed by atoms with E-state index in [2.05, 4.69) is 37.4 Å². The highest BCUT2D eigenvalue weighted by atomic mass is 32.2. The molecule has 0 heterocycles. The Morgan fingerprint density at radius 3 is 2.43 bits per heavy atom. The van der Waals surface area contributed by atoms with E-state index >= 15 is 0 Å². The van der Waals surface area contributed by atoms with Crippen LogP contribution in [0.2, 0.25) is 0 Å². The first-order valence-electron chi connectivity index (χ1n) is 4.74. The van der Waals surface area contributed by atoms with Crippen LogP contribution in [0.15, 0.2) is 34.7 Å². The number of hydrogen-bond acceptors (Lipinski definition) is 2. The lowest BCUT2D eigenvalue weighted by Crippen LogP contribution is -1.87. The molecule has 0 saturated carbocycles. The van der Waals surface area contributed by atoms with Gasteiger partial charge in [-0.3, -0.25) is 0 Å². The lowest BCUT2D eigenvalue weighted by atomic mass is 10.1. The largest absolute Gasteiger partial charge is 0.392 e. The Balaban J connectivity index is 2.81. The van der Waals surface area contributed by atoms with Gasteiger partial charge in [-0.25, -0.2) is 0 Å². The van der Waals surface area contributed by atoms with Gasteiger partial charge in [-0.2, -0.15) is 0 Å². The molecule has 1 aromatic carbocycles. The van der Waals surface area contributed by atoms with E-state index in [1.54, 1.807) is 11.8 Å². The second-order valence-electron chi connectivity index (χ2n) is 3.09. The highest BCUT2D eigenvalue weighted by molar-refractivity contribution is 7.98. The predicted molar refractivity (Wildman–Crippen MR) is 63.6 cm³/mol. The quantitative estimate of drug-likeness (QED) is 0.767. The van der Waals surface area contributed by atoms with Gasteiger partial charge in [0, 0.05) is 4.90 Å². The van der Waals surface area contributed by atoms with Crippen molar-refractivity contribution < 1.29 is 5.11 Å². The maximum Gasteiger partial charge on any atom is 0.0644 e. The van der Waals surface area contributed by atoms with E-state index in [9.17, 15) is 0 Å². The lowest BCUT2D eigenvalue weighted by Gasteiger charge is -2.01. The van der Waals surface area contributed by atoms with Crippen molar-refractivity contribution in [3.8, 4) is 0 Å². The van der Waals surface area contributed by atoms with Crippen molar-refractivity contribution >= 4 is 17.8 Å². The second-order valence-corrected chi connectivity index (χ2v) is 3.97. The third-order valence-electron chi connectivity index (χ3n) is 2.14. The SMILES string of the molecule is CC/C(=C\c1ccc(SC)cc1)CO. The van der Waals surface area contributed by atoms with E-state index in [0.717, 1.165) is 17.6 Å². The molecule has 2 heteroatoms. The summed E-state index contributed by atoms with van der Waals surface area (Å²) in [5.41, 5.74) is 2.23. The van der Waals surface area contributed by atoms with Crippen molar-refractivity contribution in [1.29, 1.82) is 0 Å². The molecular weight excluding hydrogens is 192 g/mol. The molecule has 0 saturated heterocycles. The third-order valence-corrected chi connectivity index (χ3v) is 2.89. The van der Waals surface area contributed by atoms with Crippen LogP contribution in [0.1, 0.15) is 18.9 Å². The van der Waals surface area contributed by atoms with Gasteiger partial charge in [0.1, 0.15) is 0 Å². The summed E-state index contributed by atoms with van der Waals surface area (Å²) in [5, 5.41) is 9.02. The van der Waals surface area contributed by atoms with Gasteiger partial charge in [-0.15, -0.1) is 11.8 Å². The van der Waals surface area contributed by atoms with E-state index in [-0.39, 0.29) is 6.61 Å². The maximum atomic E-state index is 9.02. The van der Waals surface area contributed by atoms with Crippen molar-refractivity contribution in [3.63, 3.8) is 0 Å². The summed E-state index contributed by atoms with van der Waals surface area (Å²) in [6.45, 7) is 2.21. The van der Waals surface area contributed by atoms with Crippen LogP contribution in [-0.4, -0.2) is 18.0 Å². The number of thioether (sulfide) groups is 1. The molecule has 0 bridgehead atoms. The molecule has 1 aromatic rings. The summed E-state index contributed by atoms with van der Waals surface area (Å²) in [5.74, 6) is 0. The molecule has 1 nitrogen and oxygen atoms in total. The molecule has 1 N–H and O–H groups in total. The highest BCUT2D eigenvalue weighted by Crippen LogP contribution is 2.16. The topological polar surface area (TPSA) is 20.2 Å². The third kappa shape index (κ3) is 3.20. The van der Waals surface area contributed by atoms with Crippen LogP contribution in [0.5, 0.6) is 0 Å². The van der Waals surface area contributed by atoms with Crippen molar-refractivity contribution in [2.24, 2.45) is 0 Å². The normalized spacial score (nSPS) is 11.8. The summed E-state index contributed by atoms with van der Waals surface area (Å²) in [6.07, 6.45) is 5.01. The Labute approximate surface area is 89.8 Å². The Morgan fingerprint density at radius 2 is 2.00 bits per heavy atom. The van der Waals surface area contributed by atoms with E-state index in [1.165, 1.54) is 4.90 Å². The van der Waals surface area contributed by atoms with Crippen LogP contribution in [0.4, 0.5) is 0 Å². The highest BCUT2D eigenvalue weighted by Gasteiger charge is 1.93. The Bertz CT molecular complexity index is 295. The van der Waals surface area contributed by atoms with E-state index < -0.39 is 0 Å². The van der Waals surface area contributed by atoms with Gasteiger partial charge in [-0.1, -0.05) is 25.1 Å². The van der Waals surface area contributed by atoms with Gasteiger partial charge in [0.25, 0.3) is 0 Å². The molecule has 0 aliphatic rings. The standard InChI is InChI=1S/C12H16OS/c1-3-10(9-13)8-11-4-6-12(14-2)7-5-11/h4-8,13H,3,9H2,1-2H3/b10-8+. The van der Waals surface area contributed by atoms with Gasteiger partial charge in [-0.05, 0) is 35.9 Å². The van der Waals surface area contributed by atoms with E-state index in [4.69, 9.17) is 5.11 Å². The summed E-state index contributed by atoms with van der Waals surface area (Å²) < 4.78 is 0. The smallest absolute Gasteiger partial charge is 0.0644 e. The molecule has 0 aliphatic heterocycles. The summed E-state index contributed by atoms with van der Waals surface area (Å²) in [7, 11) is 0. The van der Waals surface area contributed by atoms with Crippen LogP contribution in [-0.2, 0) is 0 Å². The molecule has 0 fully saturated rings. The Kier molecular flexibility index (Phi) is 4.77. The number of aliphatic hydroxyl groups is 1. The van der Waals surface area contributed by atoms with Crippen molar-refractivity contribution in [3.05, 3.63) is 35.4 Å². The van der Waals surface area contributed by atoms with Gasteiger partial charge in [0.05, 0.1) is 6.61 Å². The van der Waals surface area contributed by atoms with Gasteiger partial charge in [0.15, 0.2) is 0 Å². The Hall–Kier alpha value is -0.730. The molecule has 0 aromatic heterocycles. The maximum absolute atomic E-state index is 9.02. The number of aliphatic hydroxyl groups excluding tert-OH is 1. The van der Waals surface area contributed by atoms with Crippen LogP contribution >= 0.6 is 11.8 Å². The number of hydrogen-bond donors (Lipinski definition) is 1. The molecule has 0 atom stereocenters.